The van der Waals surface area contributed by atoms with Crippen LogP contribution in [0.1, 0.15) is 30.6 Å². The Morgan fingerprint density at radius 2 is 1.94 bits per heavy atom. The highest BCUT2D eigenvalue weighted by atomic mass is 35.5. The minimum absolute atomic E-state index is 0. The molecule has 0 bridgehead atoms. The lowest BCUT2D eigenvalue weighted by Crippen LogP contribution is -1.91. The van der Waals surface area contributed by atoms with Gasteiger partial charge in [-0.15, -0.1) is 12.4 Å². The van der Waals surface area contributed by atoms with Gasteiger partial charge in [0.1, 0.15) is 0 Å². The molecule has 0 unspecified atom stereocenters. The topological polar surface area (TPSA) is 64.9 Å². The summed E-state index contributed by atoms with van der Waals surface area (Å²) in [4.78, 5) is 4.31. The summed E-state index contributed by atoms with van der Waals surface area (Å²) in [5, 5.41) is 3.91. The smallest absolute Gasteiger partial charge is 0.231 e. The Morgan fingerprint density at radius 1 is 1.24 bits per heavy atom. The van der Waals surface area contributed by atoms with Crippen LogP contribution in [-0.4, -0.2) is 10.1 Å². The summed E-state index contributed by atoms with van der Waals surface area (Å²) in [6.45, 7) is 2.09. The van der Waals surface area contributed by atoms with Gasteiger partial charge in [0.2, 0.25) is 5.89 Å². The Labute approximate surface area is 107 Å². The molecule has 2 rings (SSSR count). The number of halogens is 1. The van der Waals surface area contributed by atoms with E-state index in [1.54, 1.807) is 0 Å². The molecule has 1 aromatic heterocycles. The zero-order valence-electron chi connectivity index (χ0n) is 9.72. The predicted octanol–water partition coefficient (Wildman–Crippen LogP) is 2.62. The van der Waals surface area contributed by atoms with Crippen LogP contribution < -0.4 is 5.73 Å². The van der Waals surface area contributed by atoms with Gasteiger partial charge in [0, 0.05) is 12.1 Å². The van der Waals surface area contributed by atoms with Gasteiger partial charge < -0.3 is 10.3 Å². The van der Waals surface area contributed by atoms with E-state index in [1.165, 1.54) is 0 Å². The third kappa shape index (κ3) is 3.75. The van der Waals surface area contributed by atoms with Crippen molar-refractivity contribution in [3.8, 4) is 0 Å². The van der Waals surface area contributed by atoms with Crippen molar-refractivity contribution in [3.63, 3.8) is 0 Å². The lowest BCUT2D eigenvalue weighted by Gasteiger charge is -1.96. The number of nitrogens with two attached hydrogens (primary N) is 1. The molecule has 17 heavy (non-hydrogen) atoms. The first-order valence-electron chi connectivity index (χ1n) is 5.44. The fraction of sp³-hybridized carbons (Fsp3) is 0.333. The van der Waals surface area contributed by atoms with Gasteiger partial charge in [-0.2, -0.15) is 4.98 Å². The molecule has 0 saturated carbocycles. The van der Waals surface area contributed by atoms with Gasteiger partial charge >= 0.3 is 0 Å². The molecule has 0 atom stereocenters. The van der Waals surface area contributed by atoms with Crippen LogP contribution in [-0.2, 0) is 12.8 Å². The molecule has 0 aliphatic carbocycles. The highest BCUT2D eigenvalue weighted by Crippen LogP contribution is 2.10. The van der Waals surface area contributed by atoms with Gasteiger partial charge in [-0.1, -0.05) is 24.2 Å². The van der Waals surface area contributed by atoms with E-state index in [0.29, 0.717) is 12.3 Å². The van der Waals surface area contributed by atoms with Crippen LogP contribution in [0.5, 0.6) is 0 Å². The number of rotatable bonds is 4. The van der Waals surface area contributed by atoms with Crippen LogP contribution in [0.4, 0.5) is 5.69 Å². The second kappa shape index (κ2) is 6.25. The first kappa shape index (κ1) is 13.5. The van der Waals surface area contributed by atoms with Crippen molar-refractivity contribution in [2.24, 2.45) is 0 Å². The van der Waals surface area contributed by atoms with Crippen molar-refractivity contribution in [1.29, 1.82) is 0 Å². The number of nitrogen functional groups attached to an aromatic ring is 1. The van der Waals surface area contributed by atoms with E-state index < -0.39 is 0 Å². The van der Waals surface area contributed by atoms with Crippen LogP contribution in [0.3, 0.4) is 0 Å². The molecule has 5 heteroatoms. The molecular weight excluding hydrogens is 238 g/mol. The molecule has 0 spiro atoms. The van der Waals surface area contributed by atoms with E-state index >= 15 is 0 Å². The van der Waals surface area contributed by atoms with Crippen LogP contribution in [0.2, 0.25) is 0 Å². The van der Waals surface area contributed by atoms with Crippen LogP contribution in [0.15, 0.2) is 28.8 Å². The average molecular weight is 254 g/mol. The minimum Gasteiger partial charge on any atom is -0.399 e. The molecule has 2 N–H and O–H groups in total. The molecule has 0 amide bonds. The van der Waals surface area contributed by atoms with Gasteiger partial charge in [-0.05, 0) is 24.1 Å². The number of anilines is 1. The Bertz CT molecular complexity index is 453. The highest BCUT2D eigenvalue weighted by molar-refractivity contribution is 5.85. The molecule has 2 aromatic rings. The average Bonchev–Trinajstić information content (AvgIpc) is 2.70. The fourth-order valence-corrected chi connectivity index (χ4v) is 1.50. The zero-order chi connectivity index (χ0) is 11.4. The summed E-state index contributed by atoms with van der Waals surface area (Å²) in [6.07, 6.45) is 2.56. The SMILES string of the molecule is CCCc1noc(Cc2ccc(N)cc2)n1.Cl. The molecule has 0 fully saturated rings. The van der Waals surface area contributed by atoms with Crippen molar-refractivity contribution in [3.05, 3.63) is 41.5 Å². The number of benzene rings is 1. The first-order chi connectivity index (χ1) is 7.78. The Kier molecular flexibility index (Phi) is 4.97. The summed E-state index contributed by atoms with van der Waals surface area (Å²) < 4.78 is 5.16. The summed E-state index contributed by atoms with van der Waals surface area (Å²) in [7, 11) is 0. The predicted molar refractivity (Wildman–Crippen MR) is 69.2 cm³/mol. The third-order valence-corrected chi connectivity index (χ3v) is 2.32. The molecule has 4 nitrogen and oxygen atoms in total. The Hall–Kier alpha value is -1.55. The third-order valence-electron chi connectivity index (χ3n) is 2.32. The summed E-state index contributed by atoms with van der Waals surface area (Å²) in [5.41, 5.74) is 7.50. The second-order valence-electron chi connectivity index (χ2n) is 3.77. The molecule has 0 saturated heterocycles. The molecule has 1 heterocycles. The number of hydrogen-bond donors (Lipinski definition) is 1. The molecule has 0 aliphatic rings. The van der Waals surface area contributed by atoms with E-state index in [0.717, 1.165) is 29.9 Å². The summed E-state index contributed by atoms with van der Waals surface area (Å²) in [6, 6.07) is 7.69. The first-order valence-corrected chi connectivity index (χ1v) is 5.44. The van der Waals surface area contributed by atoms with Crippen molar-refractivity contribution >= 4 is 18.1 Å². The number of hydrogen-bond acceptors (Lipinski definition) is 4. The quantitative estimate of drug-likeness (QED) is 0.851. The van der Waals surface area contributed by atoms with E-state index in [9.17, 15) is 0 Å². The lowest BCUT2D eigenvalue weighted by atomic mass is 10.1. The summed E-state index contributed by atoms with van der Waals surface area (Å²) in [5.74, 6) is 1.45. The largest absolute Gasteiger partial charge is 0.399 e. The van der Waals surface area contributed by atoms with E-state index in [2.05, 4.69) is 17.1 Å². The van der Waals surface area contributed by atoms with Crippen molar-refractivity contribution in [1.82, 2.24) is 10.1 Å². The van der Waals surface area contributed by atoms with Crippen molar-refractivity contribution in [2.75, 3.05) is 5.73 Å². The maximum atomic E-state index is 5.61. The van der Waals surface area contributed by atoms with Crippen LogP contribution in [0.25, 0.3) is 0 Å². The maximum absolute atomic E-state index is 5.61. The van der Waals surface area contributed by atoms with Gasteiger partial charge in [0.15, 0.2) is 5.82 Å². The monoisotopic (exact) mass is 253 g/mol. The standard InChI is InChI=1S/C12H15N3O.ClH/c1-2-3-11-14-12(16-15-11)8-9-4-6-10(13)7-5-9;/h4-7H,2-3,8,13H2,1H3;1H. The van der Waals surface area contributed by atoms with Gasteiger partial charge in [-0.25, -0.2) is 0 Å². The summed E-state index contributed by atoms with van der Waals surface area (Å²) >= 11 is 0. The minimum atomic E-state index is 0. The number of aromatic nitrogens is 2. The maximum Gasteiger partial charge on any atom is 0.231 e. The van der Waals surface area contributed by atoms with Gasteiger partial charge in [0.25, 0.3) is 0 Å². The normalized spacial score (nSPS) is 9.94. The molecule has 0 aliphatic heterocycles. The number of aryl methyl sites for hydroxylation is 1. The Morgan fingerprint density at radius 3 is 2.59 bits per heavy atom. The van der Waals surface area contributed by atoms with E-state index in [-0.39, 0.29) is 12.4 Å². The lowest BCUT2D eigenvalue weighted by molar-refractivity contribution is 0.379. The molecule has 92 valence electrons. The molecule has 0 radical (unpaired) electrons. The van der Waals surface area contributed by atoms with Crippen molar-refractivity contribution < 1.29 is 4.52 Å². The van der Waals surface area contributed by atoms with Gasteiger partial charge in [0.05, 0.1) is 6.42 Å². The number of nitrogens with zero attached hydrogens (tertiary/aromatic N) is 2. The van der Waals surface area contributed by atoms with Gasteiger partial charge in [-0.3, -0.25) is 0 Å². The van der Waals surface area contributed by atoms with Crippen LogP contribution in [0, 0.1) is 0 Å². The fourth-order valence-electron chi connectivity index (χ4n) is 1.50. The highest BCUT2D eigenvalue weighted by Gasteiger charge is 2.06. The van der Waals surface area contributed by atoms with Crippen molar-refractivity contribution in [2.45, 2.75) is 26.2 Å². The second-order valence-corrected chi connectivity index (χ2v) is 3.77. The molecule has 1 aromatic carbocycles. The zero-order valence-corrected chi connectivity index (χ0v) is 10.5. The van der Waals surface area contributed by atoms with E-state index in [4.69, 9.17) is 10.3 Å². The van der Waals surface area contributed by atoms with E-state index in [1.807, 2.05) is 24.3 Å². The Balaban J connectivity index is 0.00000144. The molecular formula is C12H16ClN3O. The van der Waals surface area contributed by atoms with Crippen LogP contribution >= 0.6 is 12.4 Å².